The van der Waals surface area contributed by atoms with E-state index in [1.807, 2.05) is 36.4 Å². The predicted molar refractivity (Wildman–Crippen MR) is 129 cm³/mol. The maximum absolute atomic E-state index is 13.0. The number of amides is 2. The van der Waals surface area contributed by atoms with Gasteiger partial charge < -0.3 is 25.5 Å². The van der Waals surface area contributed by atoms with Gasteiger partial charge in [0, 0.05) is 29.8 Å². The van der Waals surface area contributed by atoms with Gasteiger partial charge in [-0.25, -0.2) is 9.78 Å². The van der Waals surface area contributed by atoms with Crippen LogP contribution in [0.25, 0.3) is 11.1 Å². The summed E-state index contributed by atoms with van der Waals surface area (Å²) in [7, 11) is 0. The molecular weight excluding hydrogens is 448 g/mol. The summed E-state index contributed by atoms with van der Waals surface area (Å²) >= 11 is 0. The molecular formula is C26H28N4O5. The first-order valence-electron chi connectivity index (χ1n) is 11.4. The quantitative estimate of drug-likeness (QED) is 0.375. The number of carbonyl (C=O) groups is 3. The molecule has 1 atom stereocenters. The van der Waals surface area contributed by atoms with E-state index in [4.69, 9.17) is 9.84 Å². The second kappa shape index (κ2) is 10.0. The minimum absolute atomic E-state index is 0.109. The number of nitrogens with one attached hydrogen (secondary N) is 3. The number of aliphatic carboxylic acids is 1. The van der Waals surface area contributed by atoms with Crippen LogP contribution in [-0.4, -0.2) is 51.2 Å². The van der Waals surface area contributed by atoms with Crippen molar-refractivity contribution in [2.45, 2.75) is 44.2 Å². The molecule has 1 heterocycles. The number of imidazole rings is 1. The average molecular weight is 477 g/mol. The molecule has 0 bridgehead atoms. The highest BCUT2D eigenvalue weighted by atomic mass is 16.5. The van der Waals surface area contributed by atoms with Crippen LogP contribution in [0.1, 0.15) is 43.0 Å². The first-order valence-corrected chi connectivity index (χ1v) is 11.4. The zero-order valence-electron chi connectivity index (χ0n) is 19.6. The maximum Gasteiger partial charge on any atom is 0.407 e. The monoisotopic (exact) mass is 476 g/mol. The maximum atomic E-state index is 13.0. The molecule has 9 nitrogen and oxygen atoms in total. The van der Waals surface area contributed by atoms with Crippen LogP contribution in [0.2, 0.25) is 0 Å². The van der Waals surface area contributed by atoms with Crippen molar-refractivity contribution >= 4 is 18.0 Å². The van der Waals surface area contributed by atoms with Crippen LogP contribution in [0.5, 0.6) is 0 Å². The first kappa shape index (κ1) is 24.0. The molecule has 4 N–H and O–H groups in total. The lowest BCUT2D eigenvalue weighted by molar-refractivity contribution is -0.138. The molecule has 2 aromatic carbocycles. The zero-order chi connectivity index (χ0) is 25.0. The van der Waals surface area contributed by atoms with Crippen molar-refractivity contribution in [3.8, 4) is 11.1 Å². The molecule has 0 unspecified atom stereocenters. The summed E-state index contributed by atoms with van der Waals surface area (Å²) in [5.74, 6) is -1.66. The number of hydrogen-bond acceptors (Lipinski definition) is 5. The molecule has 0 radical (unpaired) electrons. The van der Waals surface area contributed by atoms with Crippen molar-refractivity contribution in [3.05, 3.63) is 77.9 Å². The van der Waals surface area contributed by atoms with Gasteiger partial charge in [0.1, 0.15) is 12.6 Å². The van der Waals surface area contributed by atoms with E-state index in [-0.39, 0.29) is 25.4 Å². The summed E-state index contributed by atoms with van der Waals surface area (Å²) in [5.41, 5.74) is 4.05. The fourth-order valence-corrected chi connectivity index (χ4v) is 4.45. The van der Waals surface area contributed by atoms with Crippen LogP contribution in [0.4, 0.5) is 4.79 Å². The van der Waals surface area contributed by atoms with Crippen LogP contribution >= 0.6 is 0 Å². The topological polar surface area (TPSA) is 133 Å². The SMILES string of the molecule is CC(C)(CC(=O)O)NC(=O)[C@@H](Cc1cnc[nH]1)NC(=O)OCC1c2ccccc2-c2ccccc21. The number of aromatic amines is 1. The van der Waals surface area contributed by atoms with Gasteiger partial charge in [0.2, 0.25) is 5.91 Å². The number of alkyl carbamates (subject to hydrolysis) is 1. The Morgan fingerprint density at radius 3 is 2.29 bits per heavy atom. The number of benzene rings is 2. The van der Waals surface area contributed by atoms with Gasteiger partial charge in [0.25, 0.3) is 0 Å². The van der Waals surface area contributed by atoms with Gasteiger partial charge in [-0.3, -0.25) is 9.59 Å². The van der Waals surface area contributed by atoms with Crippen molar-refractivity contribution in [1.29, 1.82) is 0 Å². The number of nitrogens with zero attached hydrogens (tertiary/aromatic N) is 1. The molecule has 182 valence electrons. The summed E-state index contributed by atoms with van der Waals surface area (Å²) in [6.45, 7) is 3.34. The number of ether oxygens (including phenoxy) is 1. The predicted octanol–water partition coefficient (Wildman–Crippen LogP) is 3.23. The van der Waals surface area contributed by atoms with E-state index in [2.05, 4.69) is 32.7 Å². The van der Waals surface area contributed by atoms with E-state index in [1.165, 1.54) is 6.33 Å². The van der Waals surface area contributed by atoms with E-state index >= 15 is 0 Å². The standard InChI is InChI=1S/C26H28N4O5/c1-26(2,12-23(31)32)30-24(33)22(11-16-13-27-15-28-16)29-25(34)35-14-21-19-9-5-3-7-17(19)18-8-4-6-10-20(18)21/h3-10,13,15,21-22H,11-12,14H2,1-2H3,(H,27,28)(H,29,34)(H,30,33)(H,31,32)/t22-/m1/s1. The second-order valence-electron chi connectivity index (χ2n) is 9.25. The molecule has 1 aliphatic carbocycles. The normalized spacial score (nSPS) is 13.4. The van der Waals surface area contributed by atoms with Gasteiger partial charge in [-0.05, 0) is 36.1 Å². The molecule has 1 aromatic heterocycles. The van der Waals surface area contributed by atoms with Gasteiger partial charge in [-0.1, -0.05) is 48.5 Å². The number of aromatic nitrogens is 2. The van der Waals surface area contributed by atoms with Crippen LogP contribution in [0, 0.1) is 0 Å². The molecule has 1 aliphatic rings. The van der Waals surface area contributed by atoms with E-state index in [0.29, 0.717) is 5.69 Å². The largest absolute Gasteiger partial charge is 0.481 e. The minimum atomic E-state index is -1.04. The summed E-state index contributed by atoms with van der Waals surface area (Å²) in [6.07, 6.45) is 2.18. The third kappa shape index (κ3) is 5.68. The van der Waals surface area contributed by atoms with Gasteiger partial charge >= 0.3 is 12.1 Å². The summed E-state index contributed by atoms with van der Waals surface area (Å²) < 4.78 is 5.58. The third-order valence-corrected chi connectivity index (χ3v) is 5.99. The molecule has 9 heteroatoms. The van der Waals surface area contributed by atoms with Crippen LogP contribution in [0.3, 0.4) is 0 Å². The summed E-state index contributed by atoms with van der Waals surface area (Å²) in [6, 6.07) is 15.1. The number of H-pyrrole nitrogens is 1. The van der Waals surface area contributed by atoms with Gasteiger partial charge in [0.05, 0.1) is 12.7 Å². The minimum Gasteiger partial charge on any atom is -0.481 e. The van der Waals surface area contributed by atoms with Crippen molar-refractivity contribution < 1.29 is 24.2 Å². The molecule has 4 rings (SSSR count). The van der Waals surface area contributed by atoms with Crippen molar-refractivity contribution in [2.24, 2.45) is 0 Å². The smallest absolute Gasteiger partial charge is 0.407 e. The average Bonchev–Trinajstić information content (AvgIpc) is 3.42. The van der Waals surface area contributed by atoms with Crippen molar-refractivity contribution in [1.82, 2.24) is 20.6 Å². The first-order chi connectivity index (χ1) is 16.7. The van der Waals surface area contributed by atoms with Crippen LogP contribution < -0.4 is 10.6 Å². The molecule has 0 fully saturated rings. The summed E-state index contributed by atoms with van der Waals surface area (Å²) in [5, 5.41) is 14.5. The molecule has 2 amide bonds. The van der Waals surface area contributed by atoms with E-state index in [1.54, 1.807) is 20.0 Å². The fourth-order valence-electron chi connectivity index (χ4n) is 4.45. The number of hydrogen-bond donors (Lipinski definition) is 4. The van der Waals surface area contributed by atoms with Crippen molar-refractivity contribution in [2.75, 3.05) is 6.61 Å². The van der Waals surface area contributed by atoms with Crippen molar-refractivity contribution in [3.63, 3.8) is 0 Å². The van der Waals surface area contributed by atoms with E-state index in [0.717, 1.165) is 22.3 Å². The number of carbonyl (C=O) groups excluding carboxylic acids is 2. The number of rotatable bonds is 9. The van der Waals surface area contributed by atoms with Gasteiger partial charge in [0.15, 0.2) is 0 Å². The highest BCUT2D eigenvalue weighted by molar-refractivity contribution is 5.87. The molecule has 0 saturated heterocycles. The zero-order valence-corrected chi connectivity index (χ0v) is 19.6. The summed E-state index contributed by atoms with van der Waals surface area (Å²) in [4.78, 5) is 43.8. The van der Waals surface area contributed by atoms with Gasteiger partial charge in [-0.15, -0.1) is 0 Å². The number of fused-ring (bicyclic) bond motifs is 3. The Hall–Kier alpha value is -4.14. The van der Waals surface area contributed by atoms with Gasteiger partial charge in [-0.2, -0.15) is 0 Å². The number of carboxylic acids is 1. The Labute approximate surface area is 202 Å². The van der Waals surface area contributed by atoms with E-state index < -0.39 is 29.6 Å². The molecule has 0 saturated carbocycles. The Morgan fingerprint density at radius 1 is 1.09 bits per heavy atom. The highest BCUT2D eigenvalue weighted by Crippen LogP contribution is 2.44. The number of carboxylic acid groups (broad SMARTS) is 1. The molecule has 0 spiro atoms. The highest BCUT2D eigenvalue weighted by Gasteiger charge is 2.32. The second-order valence-corrected chi connectivity index (χ2v) is 9.25. The Kier molecular flexibility index (Phi) is 6.86. The molecule has 0 aliphatic heterocycles. The Balaban J connectivity index is 1.44. The van der Waals surface area contributed by atoms with Crippen LogP contribution in [-0.2, 0) is 20.7 Å². The molecule has 3 aromatic rings. The lowest BCUT2D eigenvalue weighted by Gasteiger charge is -2.27. The molecule has 35 heavy (non-hydrogen) atoms. The third-order valence-electron chi connectivity index (χ3n) is 5.99. The Bertz CT molecular complexity index is 1180. The fraction of sp³-hybridized carbons (Fsp3) is 0.308. The lowest BCUT2D eigenvalue weighted by Crippen LogP contribution is -2.54. The van der Waals surface area contributed by atoms with E-state index in [9.17, 15) is 14.4 Å². The lowest BCUT2D eigenvalue weighted by atomic mass is 9.98. The van der Waals surface area contributed by atoms with Crippen LogP contribution in [0.15, 0.2) is 61.1 Å². The Morgan fingerprint density at radius 2 is 1.71 bits per heavy atom.